The largest absolute Gasteiger partial charge is 0.409 e. The molecule has 0 unspecified atom stereocenters. The van der Waals surface area contributed by atoms with Gasteiger partial charge < -0.3 is 10.9 Å². The lowest BCUT2D eigenvalue weighted by molar-refractivity contribution is 0.318. The van der Waals surface area contributed by atoms with E-state index in [0.717, 1.165) is 5.69 Å². The SMILES string of the molecule is Cc1ccc(C(N)=NO)c(Sc2ncccn2)n1. The van der Waals surface area contributed by atoms with E-state index in [-0.39, 0.29) is 5.84 Å². The van der Waals surface area contributed by atoms with Gasteiger partial charge >= 0.3 is 0 Å². The molecule has 18 heavy (non-hydrogen) atoms. The monoisotopic (exact) mass is 261 g/mol. The Hall–Kier alpha value is -2.15. The second-order valence-corrected chi connectivity index (χ2v) is 4.38. The maximum absolute atomic E-state index is 8.74. The van der Waals surface area contributed by atoms with Crippen LogP contribution < -0.4 is 5.73 Å². The van der Waals surface area contributed by atoms with Gasteiger partial charge in [0.25, 0.3) is 0 Å². The van der Waals surface area contributed by atoms with Crippen LogP contribution >= 0.6 is 11.8 Å². The molecule has 92 valence electrons. The summed E-state index contributed by atoms with van der Waals surface area (Å²) in [7, 11) is 0. The van der Waals surface area contributed by atoms with Gasteiger partial charge in [-0.2, -0.15) is 0 Å². The zero-order chi connectivity index (χ0) is 13.0. The van der Waals surface area contributed by atoms with Crippen molar-refractivity contribution in [1.29, 1.82) is 0 Å². The van der Waals surface area contributed by atoms with Crippen molar-refractivity contribution >= 4 is 17.6 Å². The first kappa shape index (κ1) is 12.3. The van der Waals surface area contributed by atoms with Crippen molar-refractivity contribution in [1.82, 2.24) is 15.0 Å². The quantitative estimate of drug-likeness (QED) is 0.285. The molecular formula is C11H11N5OS. The molecule has 0 fully saturated rings. The van der Waals surface area contributed by atoms with Crippen LogP contribution in [0, 0.1) is 6.92 Å². The lowest BCUT2D eigenvalue weighted by Crippen LogP contribution is -2.15. The maximum Gasteiger partial charge on any atom is 0.193 e. The second-order valence-electron chi connectivity index (χ2n) is 3.42. The van der Waals surface area contributed by atoms with Crippen LogP contribution in [-0.2, 0) is 0 Å². The molecule has 0 saturated carbocycles. The average molecular weight is 261 g/mol. The summed E-state index contributed by atoms with van der Waals surface area (Å²) in [5, 5.41) is 12.9. The Bertz CT molecular complexity index is 573. The minimum atomic E-state index is 0.0148. The summed E-state index contributed by atoms with van der Waals surface area (Å²) in [6, 6.07) is 5.28. The van der Waals surface area contributed by atoms with Gasteiger partial charge in [-0.3, -0.25) is 0 Å². The first-order chi connectivity index (χ1) is 8.70. The predicted molar refractivity (Wildman–Crippen MR) is 67.6 cm³/mol. The lowest BCUT2D eigenvalue weighted by Gasteiger charge is -2.06. The fourth-order valence-corrected chi connectivity index (χ4v) is 2.16. The molecule has 0 spiro atoms. The first-order valence-electron chi connectivity index (χ1n) is 5.11. The zero-order valence-corrected chi connectivity index (χ0v) is 10.4. The molecule has 3 N–H and O–H groups in total. The molecule has 2 rings (SSSR count). The van der Waals surface area contributed by atoms with E-state index in [9.17, 15) is 0 Å². The van der Waals surface area contributed by atoms with Gasteiger partial charge in [-0.05, 0) is 36.9 Å². The van der Waals surface area contributed by atoms with Gasteiger partial charge in [0.1, 0.15) is 5.03 Å². The molecule has 7 heteroatoms. The number of nitrogens with zero attached hydrogens (tertiary/aromatic N) is 4. The van der Waals surface area contributed by atoms with Crippen molar-refractivity contribution in [2.45, 2.75) is 17.1 Å². The highest BCUT2D eigenvalue weighted by Gasteiger charge is 2.11. The van der Waals surface area contributed by atoms with E-state index in [0.29, 0.717) is 15.7 Å². The Labute approximate surface area is 108 Å². The van der Waals surface area contributed by atoms with Crippen LogP contribution in [0.4, 0.5) is 0 Å². The van der Waals surface area contributed by atoms with Crippen molar-refractivity contribution < 1.29 is 5.21 Å². The third-order valence-electron chi connectivity index (χ3n) is 2.11. The van der Waals surface area contributed by atoms with E-state index in [4.69, 9.17) is 10.9 Å². The molecule has 2 aromatic heterocycles. The Morgan fingerprint density at radius 1 is 1.33 bits per heavy atom. The van der Waals surface area contributed by atoms with Gasteiger partial charge in [0.15, 0.2) is 11.0 Å². The number of hydrogen-bond donors (Lipinski definition) is 2. The molecule has 2 heterocycles. The number of amidine groups is 1. The standard InChI is InChI=1S/C11H11N5OS/c1-7-3-4-8(9(12)16-17)10(15-7)18-11-13-5-2-6-14-11/h2-6,17H,1H3,(H2,12,16). The van der Waals surface area contributed by atoms with Crippen LogP contribution in [0.3, 0.4) is 0 Å². The van der Waals surface area contributed by atoms with E-state index >= 15 is 0 Å². The topological polar surface area (TPSA) is 97.3 Å². The smallest absolute Gasteiger partial charge is 0.193 e. The Morgan fingerprint density at radius 3 is 2.72 bits per heavy atom. The Kier molecular flexibility index (Phi) is 3.73. The van der Waals surface area contributed by atoms with E-state index in [1.807, 2.05) is 6.92 Å². The van der Waals surface area contributed by atoms with Crippen LogP contribution in [-0.4, -0.2) is 26.0 Å². The summed E-state index contributed by atoms with van der Waals surface area (Å²) in [6.45, 7) is 1.87. The van der Waals surface area contributed by atoms with Crippen molar-refractivity contribution in [3.8, 4) is 0 Å². The molecule has 0 saturated heterocycles. The van der Waals surface area contributed by atoms with E-state index in [1.54, 1.807) is 30.6 Å². The van der Waals surface area contributed by atoms with Gasteiger partial charge in [-0.1, -0.05) is 5.16 Å². The number of pyridine rings is 1. The van der Waals surface area contributed by atoms with Crippen LogP contribution in [0.5, 0.6) is 0 Å². The third-order valence-corrected chi connectivity index (χ3v) is 3.01. The number of aryl methyl sites for hydroxylation is 1. The van der Waals surface area contributed by atoms with Gasteiger partial charge in [-0.15, -0.1) is 0 Å². The predicted octanol–water partition coefficient (Wildman–Crippen LogP) is 1.43. The molecule has 2 aromatic rings. The highest BCUT2D eigenvalue weighted by atomic mass is 32.2. The van der Waals surface area contributed by atoms with Crippen LogP contribution in [0.25, 0.3) is 0 Å². The normalized spacial score (nSPS) is 11.5. The Balaban J connectivity index is 2.40. The first-order valence-corrected chi connectivity index (χ1v) is 5.93. The van der Waals surface area contributed by atoms with Crippen molar-refractivity contribution in [2.24, 2.45) is 10.9 Å². The number of oxime groups is 1. The maximum atomic E-state index is 8.74. The minimum Gasteiger partial charge on any atom is -0.409 e. The number of rotatable bonds is 3. The molecule has 0 aliphatic heterocycles. The van der Waals surface area contributed by atoms with Gasteiger partial charge in [-0.25, -0.2) is 15.0 Å². The molecule has 0 aliphatic carbocycles. The molecule has 0 bridgehead atoms. The highest BCUT2D eigenvalue weighted by Crippen LogP contribution is 2.25. The highest BCUT2D eigenvalue weighted by molar-refractivity contribution is 7.99. The second kappa shape index (κ2) is 5.46. The van der Waals surface area contributed by atoms with E-state index in [2.05, 4.69) is 20.1 Å². The molecule has 0 amide bonds. The van der Waals surface area contributed by atoms with Gasteiger partial charge in [0.05, 0.1) is 5.56 Å². The lowest BCUT2D eigenvalue weighted by atomic mass is 10.2. The fourth-order valence-electron chi connectivity index (χ4n) is 1.28. The van der Waals surface area contributed by atoms with Gasteiger partial charge in [0, 0.05) is 18.1 Å². The number of hydrogen-bond acceptors (Lipinski definition) is 6. The fraction of sp³-hybridized carbons (Fsp3) is 0.0909. The van der Waals surface area contributed by atoms with Crippen molar-refractivity contribution in [3.05, 3.63) is 41.9 Å². The molecular weight excluding hydrogens is 250 g/mol. The van der Waals surface area contributed by atoms with Crippen LogP contribution in [0.1, 0.15) is 11.3 Å². The minimum absolute atomic E-state index is 0.0148. The summed E-state index contributed by atoms with van der Waals surface area (Å²) >= 11 is 1.27. The molecule has 0 radical (unpaired) electrons. The van der Waals surface area contributed by atoms with Crippen LogP contribution in [0.2, 0.25) is 0 Å². The molecule has 0 aromatic carbocycles. The van der Waals surface area contributed by atoms with E-state index in [1.165, 1.54) is 11.8 Å². The summed E-state index contributed by atoms with van der Waals surface area (Å²) in [6.07, 6.45) is 3.29. The summed E-state index contributed by atoms with van der Waals surface area (Å²) in [5.41, 5.74) is 7.00. The molecule has 0 atom stereocenters. The number of aromatic nitrogens is 3. The van der Waals surface area contributed by atoms with Crippen molar-refractivity contribution in [2.75, 3.05) is 0 Å². The molecule has 0 aliphatic rings. The number of nitrogens with two attached hydrogens (primary N) is 1. The molecule has 6 nitrogen and oxygen atoms in total. The van der Waals surface area contributed by atoms with E-state index < -0.39 is 0 Å². The zero-order valence-electron chi connectivity index (χ0n) is 9.61. The Morgan fingerprint density at radius 2 is 2.06 bits per heavy atom. The summed E-state index contributed by atoms with van der Waals surface area (Å²) < 4.78 is 0. The van der Waals surface area contributed by atoms with Crippen molar-refractivity contribution in [3.63, 3.8) is 0 Å². The van der Waals surface area contributed by atoms with Gasteiger partial charge in [0.2, 0.25) is 0 Å². The summed E-state index contributed by atoms with van der Waals surface area (Å²) in [4.78, 5) is 12.5. The summed E-state index contributed by atoms with van der Waals surface area (Å²) in [5.74, 6) is 0.0148. The third kappa shape index (κ3) is 2.75. The van der Waals surface area contributed by atoms with Crippen LogP contribution in [0.15, 0.2) is 45.9 Å². The average Bonchev–Trinajstić information content (AvgIpc) is 2.39.